The molecule has 0 amide bonds. The van der Waals surface area contributed by atoms with Gasteiger partial charge >= 0.3 is 0 Å². The van der Waals surface area contributed by atoms with Gasteiger partial charge in [0.2, 0.25) is 0 Å². The molecule has 0 aliphatic carbocycles. The Morgan fingerprint density at radius 2 is 1.88 bits per heavy atom. The van der Waals surface area contributed by atoms with Gasteiger partial charge in [0.05, 0.1) is 6.10 Å². The van der Waals surface area contributed by atoms with Crippen LogP contribution < -0.4 is 9.47 Å². The first-order chi connectivity index (χ1) is 8.22. The predicted molar refractivity (Wildman–Crippen MR) is 63.3 cm³/mol. The van der Waals surface area contributed by atoms with Crippen LogP contribution in [0.3, 0.4) is 0 Å². The highest BCUT2D eigenvalue weighted by molar-refractivity contribution is 5.44. The monoisotopic (exact) mass is 238 g/mol. The molecule has 2 unspecified atom stereocenters. The van der Waals surface area contributed by atoms with Crippen LogP contribution in [0.25, 0.3) is 0 Å². The van der Waals surface area contributed by atoms with Crippen LogP contribution in [0, 0.1) is 0 Å². The third-order valence-electron chi connectivity index (χ3n) is 2.86. The summed E-state index contributed by atoms with van der Waals surface area (Å²) in [6, 6.07) is 5.26. The Hall–Kier alpha value is -1.26. The molecule has 0 radical (unpaired) electrons. The van der Waals surface area contributed by atoms with E-state index in [2.05, 4.69) is 0 Å². The largest absolute Gasteiger partial charge is 0.486 e. The molecule has 1 aliphatic rings. The highest BCUT2D eigenvalue weighted by atomic mass is 16.6. The summed E-state index contributed by atoms with van der Waals surface area (Å²) in [7, 11) is 0. The van der Waals surface area contributed by atoms with Crippen molar-refractivity contribution in [1.82, 2.24) is 0 Å². The van der Waals surface area contributed by atoms with Crippen LogP contribution in [0.15, 0.2) is 18.2 Å². The molecule has 17 heavy (non-hydrogen) atoms. The number of benzene rings is 1. The molecule has 2 atom stereocenters. The first-order valence-corrected chi connectivity index (χ1v) is 5.98. The third-order valence-corrected chi connectivity index (χ3v) is 2.86. The van der Waals surface area contributed by atoms with E-state index in [0.717, 1.165) is 6.42 Å². The van der Waals surface area contributed by atoms with Crippen molar-refractivity contribution < 1.29 is 19.7 Å². The second-order valence-corrected chi connectivity index (χ2v) is 4.20. The zero-order chi connectivity index (χ0) is 12.3. The maximum absolute atomic E-state index is 9.98. The molecule has 4 nitrogen and oxygen atoms in total. The molecule has 4 heteroatoms. The zero-order valence-corrected chi connectivity index (χ0v) is 9.93. The lowest BCUT2D eigenvalue weighted by Crippen LogP contribution is -2.19. The summed E-state index contributed by atoms with van der Waals surface area (Å²) in [4.78, 5) is 0. The van der Waals surface area contributed by atoms with Crippen molar-refractivity contribution in [3.05, 3.63) is 23.8 Å². The van der Waals surface area contributed by atoms with E-state index in [-0.39, 0.29) is 0 Å². The molecule has 0 aromatic heterocycles. The Kier molecular flexibility index (Phi) is 3.86. The highest BCUT2D eigenvalue weighted by Crippen LogP contribution is 2.33. The lowest BCUT2D eigenvalue weighted by atomic mass is 10.0. The maximum atomic E-state index is 9.98. The second-order valence-electron chi connectivity index (χ2n) is 4.20. The number of ether oxygens (including phenoxy) is 2. The standard InChI is InChI=1S/C13H18O4/c1-2-3-10(14)13(15)9-4-5-11-12(8-9)17-7-6-16-11/h4-5,8,10,13-15H,2-3,6-7H2,1H3. The fourth-order valence-corrected chi connectivity index (χ4v) is 1.92. The second kappa shape index (κ2) is 5.38. The average molecular weight is 238 g/mol. The van der Waals surface area contributed by atoms with Crippen molar-refractivity contribution in [2.75, 3.05) is 13.2 Å². The van der Waals surface area contributed by atoms with Crippen LogP contribution >= 0.6 is 0 Å². The Labute approximate surface area is 101 Å². The van der Waals surface area contributed by atoms with E-state index in [1.807, 2.05) is 6.92 Å². The van der Waals surface area contributed by atoms with Gasteiger partial charge in [-0.1, -0.05) is 19.4 Å². The molecule has 2 rings (SSSR count). The van der Waals surface area contributed by atoms with Gasteiger partial charge in [0.25, 0.3) is 0 Å². The summed E-state index contributed by atoms with van der Waals surface area (Å²) in [5.41, 5.74) is 0.662. The Morgan fingerprint density at radius 1 is 1.18 bits per heavy atom. The lowest BCUT2D eigenvalue weighted by molar-refractivity contribution is 0.0128. The average Bonchev–Trinajstić information content (AvgIpc) is 2.37. The molecule has 0 bridgehead atoms. The van der Waals surface area contributed by atoms with Crippen LogP contribution in [-0.4, -0.2) is 29.5 Å². The van der Waals surface area contributed by atoms with Gasteiger partial charge in [-0.15, -0.1) is 0 Å². The number of hydrogen-bond acceptors (Lipinski definition) is 4. The molecule has 0 saturated heterocycles. The number of aliphatic hydroxyl groups excluding tert-OH is 2. The van der Waals surface area contributed by atoms with Gasteiger partial charge in [-0.25, -0.2) is 0 Å². The summed E-state index contributed by atoms with van der Waals surface area (Å²) in [5, 5.41) is 19.7. The molecule has 0 spiro atoms. The summed E-state index contributed by atoms with van der Waals surface area (Å²) >= 11 is 0. The summed E-state index contributed by atoms with van der Waals surface area (Å²) in [6.07, 6.45) is -0.188. The molecule has 1 aliphatic heterocycles. The van der Waals surface area contributed by atoms with Gasteiger partial charge in [0.15, 0.2) is 11.5 Å². The van der Waals surface area contributed by atoms with E-state index in [0.29, 0.717) is 36.7 Å². The van der Waals surface area contributed by atoms with Crippen LogP contribution in [0.2, 0.25) is 0 Å². The van der Waals surface area contributed by atoms with Gasteiger partial charge in [0.1, 0.15) is 19.3 Å². The van der Waals surface area contributed by atoms with E-state index in [4.69, 9.17) is 9.47 Å². The van der Waals surface area contributed by atoms with Crippen molar-refractivity contribution in [3.63, 3.8) is 0 Å². The third kappa shape index (κ3) is 2.70. The Balaban J connectivity index is 2.15. The number of aliphatic hydroxyl groups is 2. The van der Waals surface area contributed by atoms with Crippen LogP contribution in [-0.2, 0) is 0 Å². The molecular weight excluding hydrogens is 220 g/mol. The van der Waals surface area contributed by atoms with E-state index in [9.17, 15) is 10.2 Å². The fraction of sp³-hybridized carbons (Fsp3) is 0.538. The molecule has 1 heterocycles. The summed E-state index contributed by atoms with van der Waals surface area (Å²) < 4.78 is 10.8. The number of rotatable bonds is 4. The maximum Gasteiger partial charge on any atom is 0.161 e. The minimum Gasteiger partial charge on any atom is -0.486 e. The Morgan fingerprint density at radius 3 is 2.59 bits per heavy atom. The topological polar surface area (TPSA) is 58.9 Å². The molecule has 0 fully saturated rings. The Bertz CT molecular complexity index is 378. The van der Waals surface area contributed by atoms with Crippen molar-refractivity contribution in [1.29, 1.82) is 0 Å². The molecular formula is C13H18O4. The van der Waals surface area contributed by atoms with Gasteiger partial charge in [-0.05, 0) is 24.1 Å². The molecule has 2 N–H and O–H groups in total. The molecule has 0 saturated carbocycles. The van der Waals surface area contributed by atoms with Gasteiger partial charge in [0, 0.05) is 0 Å². The summed E-state index contributed by atoms with van der Waals surface area (Å²) in [6.45, 7) is 3.04. The van der Waals surface area contributed by atoms with Gasteiger partial charge in [-0.3, -0.25) is 0 Å². The van der Waals surface area contributed by atoms with Crippen LogP contribution in [0.4, 0.5) is 0 Å². The summed E-state index contributed by atoms with van der Waals surface area (Å²) in [5.74, 6) is 1.33. The SMILES string of the molecule is CCCC(O)C(O)c1ccc2c(c1)OCCO2. The van der Waals surface area contributed by atoms with Crippen molar-refractivity contribution in [3.8, 4) is 11.5 Å². The van der Waals surface area contributed by atoms with Crippen molar-refractivity contribution >= 4 is 0 Å². The smallest absolute Gasteiger partial charge is 0.161 e. The van der Waals surface area contributed by atoms with E-state index in [1.165, 1.54) is 0 Å². The van der Waals surface area contributed by atoms with Crippen molar-refractivity contribution in [2.24, 2.45) is 0 Å². The van der Waals surface area contributed by atoms with Crippen molar-refractivity contribution in [2.45, 2.75) is 32.0 Å². The first kappa shape index (κ1) is 12.2. The van der Waals surface area contributed by atoms with Crippen LogP contribution in [0.5, 0.6) is 11.5 Å². The molecule has 1 aromatic carbocycles. The molecule has 1 aromatic rings. The number of fused-ring (bicyclic) bond motifs is 1. The quantitative estimate of drug-likeness (QED) is 0.837. The van der Waals surface area contributed by atoms with Gasteiger partial charge < -0.3 is 19.7 Å². The van der Waals surface area contributed by atoms with E-state index < -0.39 is 12.2 Å². The highest BCUT2D eigenvalue weighted by Gasteiger charge is 2.20. The lowest BCUT2D eigenvalue weighted by Gasteiger charge is -2.22. The number of hydrogen-bond donors (Lipinski definition) is 2. The zero-order valence-electron chi connectivity index (χ0n) is 9.93. The first-order valence-electron chi connectivity index (χ1n) is 5.98. The van der Waals surface area contributed by atoms with E-state index in [1.54, 1.807) is 18.2 Å². The van der Waals surface area contributed by atoms with Gasteiger partial charge in [-0.2, -0.15) is 0 Å². The van der Waals surface area contributed by atoms with E-state index >= 15 is 0 Å². The fourth-order valence-electron chi connectivity index (χ4n) is 1.92. The van der Waals surface area contributed by atoms with Crippen LogP contribution in [0.1, 0.15) is 31.4 Å². The molecule has 94 valence electrons. The predicted octanol–water partition coefficient (Wildman–Crippen LogP) is 1.65. The minimum atomic E-state index is -0.870. The minimum absolute atomic E-state index is 0.518. The normalized spacial score (nSPS) is 17.6.